The number of rotatable bonds is 6. The lowest BCUT2D eigenvalue weighted by Gasteiger charge is -2.15. The van der Waals surface area contributed by atoms with Crippen LogP contribution < -0.4 is 10.6 Å². The minimum atomic E-state index is -0.128. The Balaban J connectivity index is 3.67. The average Bonchev–Trinajstić information content (AvgIpc) is 2.01. The molecular weight excluding hydrogens is 176 g/mol. The van der Waals surface area contributed by atoms with E-state index < -0.39 is 0 Å². The van der Waals surface area contributed by atoms with Crippen LogP contribution in [0.2, 0.25) is 0 Å². The highest BCUT2D eigenvalue weighted by Gasteiger charge is 2.11. The first kappa shape index (κ1) is 13.2. The van der Waals surface area contributed by atoms with Crippen molar-refractivity contribution >= 4 is 5.91 Å². The van der Waals surface area contributed by atoms with Gasteiger partial charge >= 0.3 is 0 Å². The lowest BCUT2D eigenvalue weighted by molar-refractivity contribution is -0.123. The molecule has 0 radical (unpaired) electrons. The van der Waals surface area contributed by atoms with Crippen molar-refractivity contribution < 1.29 is 4.79 Å². The highest BCUT2D eigenvalue weighted by molar-refractivity contribution is 5.81. The van der Waals surface area contributed by atoms with Gasteiger partial charge in [-0.25, -0.2) is 0 Å². The fraction of sp³-hybridized carbons (Fsp3) is 0.727. The maximum Gasteiger partial charge on any atom is 0.237 e. The zero-order valence-electron chi connectivity index (χ0n) is 9.68. The largest absolute Gasteiger partial charge is 0.353 e. The van der Waals surface area contributed by atoms with Gasteiger partial charge in [0.2, 0.25) is 5.91 Å². The minimum absolute atomic E-state index is 0.0571. The second kappa shape index (κ2) is 6.60. The topological polar surface area (TPSA) is 41.1 Å². The smallest absolute Gasteiger partial charge is 0.237 e. The fourth-order valence-corrected chi connectivity index (χ4v) is 1.00. The summed E-state index contributed by atoms with van der Waals surface area (Å²) in [6, 6.07) is 0.0737. The summed E-state index contributed by atoms with van der Waals surface area (Å²) in [5, 5.41) is 6.00. The molecule has 3 heteroatoms. The van der Waals surface area contributed by atoms with E-state index in [1.165, 1.54) is 0 Å². The Hall–Kier alpha value is -0.830. The summed E-state index contributed by atoms with van der Waals surface area (Å²) in [5.74, 6) is 0.0571. The summed E-state index contributed by atoms with van der Waals surface area (Å²) in [5.41, 5.74) is 1.13. The van der Waals surface area contributed by atoms with Crippen LogP contribution in [0.3, 0.4) is 0 Å². The summed E-state index contributed by atoms with van der Waals surface area (Å²) < 4.78 is 0. The van der Waals surface area contributed by atoms with Crippen LogP contribution in [0.5, 0.6) is 0 Å². The Morgan fingerprint density at radius 1 is 1.36 bits per heavy atom. The van der Waals surface area contributed by atoms with Gasteiger partial charge < -0.3 is 10.6 Å². The summed E-state index contributed by atoms with van der Waals surface area (Å²) in [7, 11) is 0. The van der Waals surface area contributed by atoms with E-state index in [-0.39, 0.29) is 18.0 Å². The molecule has 0 saturated heterocycles. The van der Waals surface area contributed by atoms with Gasteiger partial charge in [0.1, 0.15) is 0 Å². The first-order valence-electron chi connectivity index (χ1n) is 5.11. The van der Waals surface area contributed by atoms with Crippen LogP contribution in [0.1, 0.15) is 34.1 Å². The van der Waals surface area contributed by atoms with Crippen LogP contribution in [0.4, 0.5) is 0 Å². The first-order chi connectivity index (χ1) is 6.43. The number of nitrogens with one attached hydrogen (secondary N) is 2. The Kier molecular flexibility index (Phi) is 6.21. The van der Waals surface area contributed by atoms with E-state index in [1.807, 2.05) is 27.7 Å². The van der Waals surface area contributed by atoms with Crippen LogP contribution in [-0.4, -0.2) is 24.5 Å². The second-order valence-corrected chi connectivity index (χ2v) is 4.05. The van der Waals surface area contributed by atoms with Gasteiger partial charge in [-0.3, -0.25) is 4.79 Å². The molecule has 0 saturated carbocycles. The van der Waals surface area contributed by atoms with Gasteiger partial charge in [0, 0.05) is 6.04 Å². The van der Waals surface area contributed by atoms with Gasteiger partial charge in [-0.1, -0.05) is 5.57 Å². The van der Waals surface area contributed by atoms with E-state index in [0.29, 0.717) is 0 Å². The molecule has 0 rings (SSSR count). The van der Waals surface area contributed by atoms with Crippen LogP contribution >= 0.6 is 0 Å². The van der Waals surface area contributed by atoms with E-state index in [4.69, 9.17) is 0 Å². The molecule has 0 bridgehead atoms. The van der Waals surface area contributed by atoms with Crippen molar-refractivity contribution in [1.29, 1.82) is 0 Å². The number of amides is 1. The first-order valence-corrected chi connectivity index (χ1v) is 5.11. The molecule has 1 amide bonds. The predicted octanol–water partition coefficient (Wildman–Crippen LogP) is 1.46. The van der Waals surface area contributed by atoms with Gasteiger partial charge in [-0.2, -0.15) is 0 Å². The van der Waals surface area contributed by atoms with Crippen molar-refractivity contribution in [1.82, 2.24) is 10.6 Å². The van der Waals surface area contributed by atoms with E-state index in [1.54, 1.807) is 0 Å². The van der Waals surface area contributed by atoms with Crippen molar-refractivity contribution in [2.24, 2.45) is 0 Å². The molecule has 0 aliphatic heterocycles. The quantitative estimate of drug-likeness (QED) is 0.634. The van der Waals surface area contributed by atoms with Crippen molar-refractivity contribution in [3.8, 4) is 0 Å². The SMILES string of the molecule is C=C(C)CCNC(C)C(=O)NC(C)C. The average molecular weight is 198 g/mol. The summed E-state index contributed by atoms with van der Waals surface area (Å²) >= 11 is 0. The molecular formula is C11H22N2O. The Bertz CT molecular complexity index is 199. The summed E-state index contributed by atoms with van der Waals surface area (Å²) in [6.07, 6.45) is 0.916. The zero-order valence-corrected chi connectivity index (χ0v) is 9.68. The van der Waals surface area contributed by atoms with Crippen molar-refractivity contribution in [3.63, 3.8) is 0 Å². The number of hydrogen-bond donors (Lipinski definition) is 2. The maximum atomic E-state index is 11.4. The Morgan fingerprint density at radius 2 is 1.93 bits per heavy atom. The van der Waals surface area contributed by atoms with Gasteiger partial charge in [-0.15, -0.1) is 6.58 Å². The van der Waals surface area contributed by atoms with Crippen molar-refractivity contribution in [3.05, 3.63) is 12.2 Å². The normalized spacial score (nSPS) is 12.6. The van der Waals surface area contributed by atoms with Gasteiger partial charge in [0.15, 0.2) is 0 Å². The second-order valence-electron chi connectivity index (χ2n) is 4.05. The van der Waals surface area contributed by atoms with Crippen molar-refractivity contribution in [2.75, 3.05) is 6.54 Å². The lowest BCUT2D eigenvalue weighted by Crippen LogP contribution is -2.44. The summed E-state index contributed by atoms with van der Waals surface area (Å²) in [4.78, 5) is 11.4. The molecule has 82 valence electrons. The molecule has 0 aliphatic rings. The lowest BCUT2D eigenvalue weighted by atomic mass is 10.2. The molecule has 0 aromatic rings. The van der Waals surface area contributed by atoms with Gasteiger partial charge in [-0.05, 0) is 40.7 Å². The molecule has 1 unspecified atom stereocenters. The minimum Gasteiger partial charge on any atom is -0.353 e. The number of hydrogen-bond acceptors (Lipinski definition) is 2. The fourth-order valence-electron chi connectivity index (χ4n) is 1.00. The third-order valence-corrected chi connectivity index (χ3v) is 1.83. The van der Waals surface area contributed by atoms with Crippen LogP contribution in [-0.2, 0) is 4.79 Å². The monoisotopic (exact) mass is 198 g/mol. The van der Waals surface area contributed by atoms with Crippen LogP contribution in [0.15, 0.2) is 12.2 Å². The van der Waals surface area contributed by atoms with Crippen LogP contribution in [0, 0.1) is 0 Å². The van der Waals surface area contributed by atoms with Gasteiger partial charge in [0.05, 0.1) is 6.04 Å². The molecule has 2 N–H and O–H groups in total. The van der Waals surface area contributed by atoms with E-state index >= 15 is 0 Å². The van der Waals surface area contributed by atoms with Crippen LogP contribution in [0.25, 0.3) is 0 Å². The molecule has 0 aromatic heterocycles. The predicted molar refractivity (Wildman–Crippen MR) is 60.2 cm³/mol. The maximum absolute atomic E-state index is 11.4. The molecule has 0 aliphatic carbocycles. The van der Waals surface area contributed by atoms with E-state index in [0.717, 1.165) is 18.5 Å². The van der Waals surface area contributed by atoms with Gasteiger partial charge in [0.25, 0.3) is 0 Å². The number of carbonyl (C=O) groups excluding carboxylic acids is 1. The van der Waals surface area contributed by atoms with E-state index in [2.05, 4.69) is 17.2 Å². The highest BCUT2D eigenvalue weighted by atomic mass is 16.2. The third kappa shape index (κ3) is 6.66. The van der Waals surface area contributed by atoms with E-state index in [9.17, 15) is 4.79 Å². The number of carbonyl (C=O) groups is 1. The highest BCUT2D eigenvalue weighted by Crippen LogP contribution is 1.93. The summed E-state index contributed by atoms with van der Waals surface area (Å²) in [6.45, 7) is 12.4. The third-order valence-electron chi connectivity index (χ3n) is 1.83. The Labute approximate surface area is 87.0 Å². The molecule has 14 heavy (non-hydrogen) atoms. The standard InChI is InChI=1S/C11H22N2O/c1-8(2)6-7-12-10(5)11(14)13-9(3)4/h9-10,12H,1,6-7H2,2-5H3,(H,13,14). The molecule has 0 heterocycles. The van der Waals surface area contributed by atoms with Crippen molar-refractivity contribution in [2.45, 2.75) is 46.2 Å². The molecule has 0 fully saturated rings. The molecule has 3 nitrogen and oxygen atoms in total. The zero-order chi connectivity index (χ0) is 11.1. The molecule has 0 spiro atoms. The molecule has 0 aromatic carbocycles. The molecule has 1 atom stereocenters. The Morgan fingerprint density at radius 3 is 2.36 bits per heavy atom.